The van der Waals surface area contributed by atoms with Gasteiger partial charge in [0.2, 0.25) is 0 Å². The van der Waals surface area contributed by atoms with Crippen LogP contribution in [0.2, 0.25) is 10.0 Å². The van der Waals surface area contributed by atoms with Crippen LogP contribution in [-0.2, 0) is 10.0 Å². The van der Waals surface area contributed by atoms with Gasteiger partial charge in [0.05, 0.1) is 21.4 Å². The van der Waals surface area contributed by atoms with E-state index in [9.17, 15) is 8.42 Å². The molecule has 0 spiro atoms. The molecule has 0 aliphatic heterocycles. The van der Waals surface area contributed by atoms with Gasteiger partial charge in [0, 0.05) is 5.69 Å². The number of benzene rings is 1. The first-order chi connectivity index (χ1) is 9.70. The van der Waals surface area contributed by atoms with Crippen molar-refractivity contribution in [1.29, 1.82) is 0 Å². The first-order valence-electron chi connectivity index (χ1n) is 5.61. The summed E-state index contributed by atoms with van der Waals surface area (Å²) >= 11 is 15.1. The summed E-state index contributed by atoms with van der Waals surface area (Å²) in [5, 5.41) is -0.0922. The summed E-state index contributed by atoms with van der Waals surface area (Å²) in [5.41, 5.74) is 6.69. The van der Waals surface area contributed by atoms with Crippen LogP contribution in [0.25, 0.3) is 0 Å². The second-order valence-electron chi connectivity index (χ2n) is 4.19. The molecule has 5 nitrogen and oxygen atoms in total. The zero-order valence-electron chi connectivity index (χ0n) is 10.7. The zero-order valence-corrected chi connectivity index (χ0v) is 14.6. The lowest BCUT2D eigenvalue weighted by Crippen LogP contribution is -2.15. The second kappa shape index (κ2) is 6.00. The number of sulfonamides is 1. The SMILES string of the molecule is Cc1nc(Br)ccc1NS(=O)(=O)c1c(Cl)cc(N)cc1Cl. The fourth-order valence-corrected chi connectivity index (χ4v) is 4.42. The van der Waals surface area contributed by atoms with Crippen LogP contribution in [0, 0.1) is 6.92 Å². The van der Waals surface area contributed by atoms with Crippen LogP contribution in [0.4, 0.5) is 11.4 Å². The summed E-state index contributed by atoms with van der Waals surface area (Å²) in [6, 6.07) is 5.86. The van der Waals surface area contributed by atoms with E-state index in [4.69, 9.17) is 28.9 Å². The molecule has 112 valence electrons. The number of pyridine rings is 1. The zero-order chi connectivity index (χ0) is 15.8. The molecule has 3 N–H and O–H groups in total. The van der Waals surface area contributed by atoms with Gasteiger partial charge < -0.3 is 5.73 Å². The minimum absolute atomic E-state index is 0.0461. The number of nitrogens with two attached hydrogens (primary N) is 1. The van der Waals surface area contributed by atoms with Gasteiger partial charge in [-0.25, -0.2) is 13.4 Å². The number of aryl methyl sites for hydroxylation is 1. The lowest BCUT2D eigenvalue weighted by atomic mass is 10.3. The summed E-state index contributed by atoms with van der Waals surface area (Å²) in [7, 11) is -3.95. The topological polar surface area (TPSA) is 85.1 Å². The average Bonchev–Trinajstić information content (AvgIpc) is 2.30. The highest BCUT2D eigenvalue weighted by molar-refractivity contribution is 9.10. The van der Waals surface area contributed by atoms with E-state index in [0.29, 0.717) is 16.0 Å². The summed E-state index contributed by atoms with van der Waals surface area (Å²) in [6.07, 6.45) is 0. The molecule has 0 amide bonds. The third kappa shape index (κ3) is 3.60. The Morgan fingerprint density at radius 3 is 2.33 bits per heavy atom. The maximum Gasteiger partial charge on any atom is 0.264 e. The van der Waals surface area contributed by atoms with E-state index in [1.54, 1.807) is 19.1 Å². The number of nitrogens with one attached hydrogen (secondary N) is 1. The molecule has 0 aliphatic rings. The number of aromatic nitrogens is 1. The Balaban J connectivity index is 2.48. The number of halogens is 3. The van der Waals surface area contributed by atoms with Crippen molar-refractivity contribution in [3.05, 3.63) is 44.6 Å². The van der Waals surface area contributed by atoms with Gasteiger partial charge in [0.15, 0.2) is 0 Å². The molecule has 9 heteroatoms. The quantitative estimate of drug-likeness (QED) is 0.594. The fraction of sp³-hybridized carbons (Fsp3) is 0.0833. The Labute approximate surface area is 140 Å². The molecule has 1 heterocycles. The molecule has 21 heavy (non-hydrogen) atoms. The van der Waals surface area contributed by atoms with Gasteiger partial charge in [-0.2, -0.15) is 0 Å². The van der Waals surface area contributed by atoms with Gasteiger partial charge in [0.1, 0.15) is 9.50 Å². The molecule has 1 aromatic heterocycles. The number of hydrogen-bond donors (Lipinski definition) is 2. The molecule has 0 radical (unpaired) electrons. The molecule has 0 bridgehead atoms. The molecule has 0 atom stereocenters. The van der Waals surface area contributed by atoms with E-state index in [0.717, 1.165) is 0 Å². The third-order valence-corrected chi connectivity index (χ3v) is 5.31. The van der Waals surface area contributed by atoms with Gasteiger partial charge in [-0.15, -0.1) is 0 Å². The van der Waals surface area contributed by atoms with Crippen molar-refractivity contribution in [3.63, 3.8) is 0 Å². The maximum absolute atomic E-state index is 12.4. The summed E-state index contributed by atoms with van der Waals surface area (Å²) < 4.78 is 27.9. The molecule has 2 aromatic rings. The minimum atomic E-state index is -3.95. The van der Waals surface area contributed by atoms with Crippen molar-refractivity contribution in [2.75, 3.05) is 10.5 Å². The number of nitrogens with zero attached hydrogens (tertiary/aromatic N) is 1. The third-order valence-electron chi connectivity index (χ3n) is 2.59. The number of anilines is 2. The second-order valence-corrected chi connectivity index (χ2v) is 7.43. The Hall–Kier alpha value is -1.02. The van der Waals surface area contributed by atoms with Crippen molar-refractivity contribution >= 4 is 60.5 Å². The van der Waals surface area contributed by atoms with Crippen molar-refractivity contribution in [2.45, 2.75) is 11.8 Å². The normalized spacial score (nSPS) is 11.4. The lowest BCUT2D eigenvalue weighted by molar-refractivity contribution is 0.601. The maximum atomic E-state index is 12.4. The monoisotopic (exact) mass is 409 g/mol. The summed E-state index contributed by atoms with van der Waals surface area (Å²) in [5.74, 6) is 0. The van der Waals surface area contributed by atoms with Gasteiger partial charge in [-0.1, -0.05) is 23.2 Å². The molecule has 1 aromatic carbocycles. The average molecular weight is 411 g/mol. The van der Waals surface area contributed by atoms with Crippen molar-refractivity contribution in [1.82, 2.24) is 4.98 Å². The van der Waals surface area contributed by atoms with Crippen LogP contribution in [0.15, 0.2) is 33.8 Å². The molecule has 0 saturated heterocycles. The largest absolute Gasteiger partial charge is 0.399 e. The molecule has 0 unspecified atom stereocenters. The predicted molar refractivity (Wildman–Crippen MR) is 88.4 cm³/mol. The first-order valence-corrected chi connectivity index (χ1v) is 8.64. The summed E-state index contributed by atoms with van der Waals surface area (Å²) in [6.45, 7) is 1.68. The molecular weight excluding hydrogens is 401 g/mol. The standard InChI is InChI=1S/C12H10BrCl2N3O2S/c1-6-10(2-3-11(13)17-6)18-21(19,20)12-8(14)4-7(16)5-9(12)15/h2-5,18H,16H2,1H3. The first kappa shape index (κ1) is 16.4. The Bertz CT molecular complexity index is 789. The Kier molecular flexibility index (Phi) is 4.67. The van der Waals surface area contributed by atoms with Gasteiger partial charge in [0.25, 0.3) is 10.0 Å². The highest BCUT2D eigenvalue weighted by Crippen LogP contribution is 2.33. The smallest absolute Gasteiger partial charge is 0.264 e. The summed E-state index contributed by atoms with van der Waals surface area (Å²) in [4.78, 5) is 3.89. The van der Waals surface area contributed by atoms with Gasteiger partial charge >= 0.3 is 0 Å². The van der Waals surface area contributed by atoms with Gasteiger partial charge in [-0.05, 0) is 47.1 Å². The highest BCUT2D eigenvalue weighted by Gasteiger charge is 2.23. The van der Waals surface area contributed by atoms with Crippen LogP contribution < -0.4 is 10.5 Å². The molecular formula is C12H10BrCl2N3O2S. The van der Waals surface area contributed by atoms with Crippen LogP contribution in [0.1, 0.15) is 5.69 Å². The fourth-order valence-electron chi connectivity index (χ4n) is 1.67. The van der Waals surface area contributed by atoms with Crippen LogP contribution in [0.3, 0.4) is 0 Å². The molecule has 2 rings (SSSR count). The van der Waals surface area contributed by atoms with E-state index < -0.39 is 10.0 Å². The van der Waals surface area contributed by atoms with Crippen molar-refractivity contribution in [2.24, 2.45) is 0 Å². The highest BCUT2D eigenvalue weighted by atomic mass is 79.9. The van der Waals surface area contributed by atoms with E-state index in [-0.39, 0.29) is 20.6 Å². The van der Waals surface area contributed by atoms with Crippen LogP contribution in [-0.4, -0.2) is 13.4 Å². The predicted octanol–water partition coefficient (Wildman–Crippen LogP) is 3.84. The number of hydrogen-bond acceptors (Lipinski definition) is 4. The van der Waals surface area contributed by atoms with E-state index in [1.165, 1.54) is 12.1 Å². The minimum Gasteiger partial charge on any atom is -0.399 e. The van der Waals surface area contributed by atoms with Crippen molar-refractivity contribution in [3.8, 4) is 0 Å². The molecule has 0 aliphatic carbocycles. The Morgan fingerprint density at radius 2 is 1.81 bits per heavy atom. The van der Waals surface area contributed by atoms with E-state index in [2.05, 4.69) is 25.6 Å². The number of rotatable bonds is 3. The molecule has 0 fully saturated rings. The molecule has 0 saturated carbocycles. The number of nitrogen functional groups attached to an aromatic ring is 1. The van der Waals surface area contributed by atoms with Crippen molar-refractivity contribution < 1.29 is 8.42 Å². The lowest BCUT2D eigenvalue weighted by Gasteiger charge is -2.13. The Morgan fingerprint density at radius 1 is 1.24 bits per heavy atom. The van der Waals surface area contributed by atoms with Crippen LogP contribution >= 0.6 is 39.1 Å². The van der Waals surface area contributed by atoms with Crippen LogP contribution in [0.5, 0.6) is 0 Å². The van der Waals surface area contributed by atoms with E-state index in [1.807, 2.05) is 0 Å². The van der Waals surface area contributed by atoms with Gasteiger partial charge in [-0.3, -0.25) is 4.72 Å². The van der Waals surface area contributed by atoms with E-state index >= 15 is 0 Å².